The van der Waals surface area contributed by atoms with Crippen molar-refractivity contribution >= 4 is 17.2 Å². The summed E-state index contributed by atoms with van der Waals surface area (Å²) >= 11 is -2.17. The molecule has 1 heterocycles. The Kier molecular flexibility index (Phi) is 6.70. The fraction of sp³-hybridized carbons (Fsp3) is 0.200. The maximum atomic E-state index is 12.0. The second-order valence-corrected chi connectivity index (χ2v) is 7.16. The number of methoxy groups -OCH3 is 1. The Balaban J connectivity index is 1.81. The normalized spacial score (nSPS) is 13.2. The number of carbonyl (C=O) groups is 1. The number of ether oxygens (including phenoxy) is 1. The predicted octanol–water partition coefficient (Wildman–Crippen LogP) is 2.90. The number of benzene rings is 2. The summed E-state index contributed by atoms with van der Waals surface area (Å²) in [5.41, 5.74) is 2.26. The van der Waals surface area contributed by atoms with Gasteiger partial charge in [0.1, 0.15) is 0 Å². The minimum absolute atomic E-state index is 0.172. The molecular formula is C20H21N3O4S. The molecule has 0 aliphatic carbocycles. The van der Waals surface area contributed by atoms with Crippen LogP contribution in [-0.4, -0.2) is 42.2 Å². The summed E-state index contributed by atoms with van der Waals surface area (Å²) in [5, 5.41) is 0. The number of nitrogens with zero attached hydrogens (tertiary/aromatic N) is 3. The first-order valence-electron chi connectivity index (χ1n) is 8.64. The highest BCUT2D eigenvalue weighted by atomic mass is 32.2. The molecule has 1 N–H and O–H groups in total. The zero-order valence-electron chi connectivity index (χ0n) is 15.3. The first kappa shape index (κ1) is 19.9. The number of imidazole rings is 1. The van der Waals surface area contributed by atoms with E-state index in [0.717, 1.165) is 11.1 Å². The van der Waals surface area contributed by atoms with Gasteiger partial charge in [-0.3, -0.25) is 4.55 Å². The summed E-state index contributed by atoms with van der Waals surface area (Å²) in [6.07, 6.45) is 5.21. The Morgan fingerprint density at radius 1 is 1.21 bits per heavy atom. The first-order valence-corrected chi connectivity index (χ1v) is 9.70. The molecule has 0 amide bonds. The Morgan fingerprint density at radius 2 is 1.93 bits per heavy atom. The monoisotopic (exact) mass is 399 g/mol. The lowest BCUT2D eigenvalue weighted by atomic mass is 10.1. The van der Waals surface area contributed by atoms with Crippen molar-refractivity contribution in [3.63, 3.8) is 0 Å². The van der Waals surface area contributed by atoms with Crippen molar-refractivity contribution < 1.29 is 18.3 Å². The molecule has 3 rings (SSSR count). The van der Waals surface area contributed by atoms with Crippen molar-refractivity contribution in [2.24, 2.45) is 0 Å². The van der Waals surface area contributed by atoms with Crippen LogP contribution in [0.4, 0.5) is 0 Å². The van der Waals surface area contributed by atoms with Crippen molar-refractivity contribution in [3.05, 3.63) is 90.0 Å². The Morgan fingerprint density at radius 3 is 2.50 bits per heavy atom. The SMILES string of the molecule is COC(=O)c1ccc(CN(CC(c2ccccc2)n2ccnc2)S(=O)O)cc1. The summed E-state index contributed by atoms with van der Waals surface area (Å²) < 4.78 is 29.9. The van der Waals surface area contributed by atoms with Gasteiger partial charge >= 0.3 is 5.97 Å². The third-order valence-electron chi connectivity index (χ3n) is 4.40. The van der Waals surface area contributed by atoms with Gasteiger partial charge in [0.15, 0.2) is 0 Å². The quantitative estimate of drug-likeness (QED) is 0.465. The van der Waals surface area contributed by atoms with Crippen LogP contribution in [0.3, 0.4) is 0 Å². The van der Waals surface area contributed by atoms with Gasteiger partial charge in [-0.25, -0.2) is 14.0 Å². The number of esters is 1. The standard InChI is InChI=1S/C20H21N3O4S/c1-27-20(24)18-9-7-16(8-10-18)13-23(28(25)26)14-19(22-12-11-21-15-22)17-5-3-2-4-6-17/h2-12,15,19H,13-14H2,1H3,(H,25,26). The van der Waals surface area contributed by atoms with E-state index in [2.05, 4.69) is 4.98 Å². The highest BCUT2D eigenvalue weighted by molar-refractivity contribution is 7.76. The number of hydrogen-bond acceptors (Lipinski definition) is 4. The maximum absolute atomic E-state index is 12.0. The van der Waals surface area contributed by atoms with E-state index in [4.69, 9.17) is 4.74 Å². The van der Waals surface area contributed by atoms with Gasteiger partial charge in [0, 0.05) is 25.5 Å². The van der Waals surface area contributed by atoms with Crippen molar-refractivity contribution in [2.75, 3.05) is 13.7 Å². The van der Waals surface area contributed by atoms with Gasteiger partial charge in [-0.2, -0.15) is 4.31 Å². The minimum Gasteiger partial charge on any atom is -0.465 e. The van der Waals surface area contributed by atoms with E-state index in [9.17, 15) is 13.6 Å². The van der Waals surface area contributed by atoms with Gasteiger partial charge in [-0.05, 0) is 23.3 Å². The van der Waals surface area contributed by atoms with Crippen LogP contribution in [-0.2, 0) is 22.5 Å². The molecule has 0 aliphatic rings. The zero-order chi connectivity index (χ0) is 19.9. The average molecular weight is 399 g/mol. The lowest BCUT2D eigenvalue weighted by Crippen LogP contribution is -2.32. The van der Waals surface area contributed by atoms with E-state index in [1.165, 1.54) is 11.4 Å². The molecule has 28 heavy (non-hydrogen) atoms. The second-order valence-electron chi connectivity index (χ2n) is 6.18. The zero-order valence-corrected chi connectivity index (χ0v) is 16.2. The lowest BCUT2D eigenvalue weighted by Gasteiger charge is -2.25. The molecule has 0 aliphatic heterocycles. The van der Waals surface area contributed by atoms with E-state index in [1.54, 1.807) is 36.8 Å². The minimum atomic E-state index is -2.17. The van der Waals surface area contributed by atoms with Crippen molar-refractivity contribution in [1.82, 2.24) is 13.9 Å². The summed E-state index contributed by atoms with van der Waals surface area (Å²) in [7, 11) is 1.33. The van der Waals surface area contributed by atoms with Crippen LogP contribution in [0.2, 0.25) is 0 Å². The van der Waals surface area contributed by atoms with Crippen LogP contribution < -0.4 is 0 Å². The molecular weight excluding hydrogens is 378 g/mol. The molecule has 1 aromatic heterocycles. The molecule has 0 fully saturated rings. The van der Waals surface area contributed by atoms with Gasteiger partial charge in [-0.1, -0.05) is 42.5 Å². The summed E-state index contributed by atoms with van der Waals surface area (Å²) in [5.74, 6) is -0.418. The van der Waals surface area contributed by atoms with Crippen LogP contribution in [0.25, 0.3) is 0 Å². The van der Waals surface area contributed by atoms with E-state index >= 15 is 0 Å². The smallest absolute Gasteiger partial charge is 0.337 e. The highest BCUT2D eigenvalue weighted by Crippen LogP contribution is 2.21. The Bertz CT molecular complexity index is 914. The molecule has 2 atom stereocenters. The van der Waals surface area contributed by atoms with Crippen molar-refractivity contribution in [2.45, 2.75) is 12.6 Å². The third-order valence-corrected chi connectivity index (χ3v) is 5.12. The molecule has 0 bridgehead atoms. The molecule has 7 nitrogen and oxygen atoms in total. The van der Waals surface area contributed by atoms with Gasteiger partial charge in [0.25, 0.3) is 0 Å². The van der Waals surface area contributed by atoms with Crippen LogP contribution in [0.5, 0.6) is 0 Å². The van der Waals surface area contributed by atoms with Crippen molar-refractivity contribution in [1.29, 1.82) is 0 Å². The number of hydrogen-bond donors (Lipinski definition) is 1. The molecule has 0 spiro atoms. The summed E-state index contributed by atoms with van der Waals surface area (Å²) in [6, 6.07) is 16.4. The average Bonchev–Trinajstić information content (AvgIpc) is 3.26. The van der Waals surface area contributed by atoms with Gasteiger partial charge in [-0.15, -0.1) is 0 Å². The van der Waals surface area contributed by atoms with Crippen LogP contribution >= 0.6 is 0 Å². The summed E-state index contributed by atoms with van der Waals surface area (Å²) in [4.78, 5) is 15.7. The first-order chi connectivity index (χ1) is 13.6. The summed E-state index contributed by atoms with van der Waals surface area (Å²) in [6.45, 7) is 0.560. The third kappa shape index (κ3) is 4.92. The predicted molar refractivity (Wildman–Crippen MR) is 106 cm³/mol. The number of carbonyl (C=O) groups excluding carboxylic acids is 1. The molecule has 0 saturated heterocycles. The molecule has 3 aromatic rings. The largest absolute Gasteiger partial charge is 0.465 e. The number of rotatable bonds is 8. The topological polar surface area (TPSA) is 84.7 Å². The van der Waals surface area contributed by atoms with Crippen LogP contribution in [0, 0.1) is 0 Å². The fourth-order valence-corrected chi connectivity index (χ4v) is 3.47. The van der Waals surface area contributed by atoms with Gasteiger partial charge in [0.05, 0.1) is 25.0 Å². The number of aromatic nitrogens is 2. The van der Waals surface area contributed by atoms with Crippen LogP contribution in [0.15, 0.2) is 73.3 Å². The second kappa shape index (κ2) is 9.41. The molecule has 2 unspecified atom stereocenters. The fourth-order valence-electron chi connectivity index (χ4n) is 2.94. The molecule has 8 heteroatoms. The van der Waals surface area contributed by atoms with Crippen LogP contribution in [0.1, 0.15) is 27.5 Å². The molecule has 2 aromatic carbocycles. The molecule has 0 radical (unpaired) electrons. The van der Waals surface area contributed by atoms with Crippen molar-refractivity contribution in [3.8, 4) is 0 Å². The van der Waals surface area contributed by atoms with E-state index in [1.807, 2.05) is 41.1 Å². The Hall–Kier alpha value is -2.81. The van der Waals surface area contributed by atoms with E-state index < -0.39 is 17.2 Å². The van der Waals surface area contributed by atoms with E-state index in [0.29, 0.717) is 12.1 Å². The molecule has 146 valence electrons. The lowest BCUT2D eigenvalue weighted by molar-refractivity contribution is 0.0600. The highest BCUT2D eigenvalue weighted by Gasteiger charge is 2.21. The van der Waals surface area contributed by atoms with E-state index in [-0.39, 0.29) is 12.6 Å². The Labute approximate surface area is 166 Å². The van der Waals surface area contributed by atoms with Gasteiger partial charge < -0.3 is 9.30 Å². The maximum Gasteiger partial charge on any atom is 0.337 e. The van der Waals surface area contributed by atoms with Gasteiger partial charge in [0.2, 0.25) is 11.3 Å². The molecule has 0 saturated carbocycles.